The first kappa shape index (κ1) is 11.4. The lowest BCUT2D eigenvalue weighted by atomic mass is 10.2. The highest BCUT2D eigenvalue weighted by molar-refractivity contribution is 6.19. The van der Waals surface area contributed by atoms with Crippen molar-refractivity contribution in [3.63, 3.8) is 0 Å². The van der Waals surface area contributed by atoms with E-state index >= 15 is 0 Å². The molecule has 0 atom stereocenters. The summed E-state index contributed by atoms with van der Waals surface area (Å²) >= 11 is 0. The van der Waals surface area contributed by atoms with Gasteiger partial charge in [-0.3, -0.25) is 14.5 Å². The predicted molar refractivity (Wildman–Crippen MR) is 66.0 cm³/mol. The number of benzene rings is 1. The highest BCUT2D eigenvalue weighted by Crippen LogP contribution is 2.21. The summed E-state index contributed by atoms with van der Waals surface area (Å²) in [6.45, 7) is 0.174. The van der Waals surface area contributed by atoms with E-state index in [-0.39, 0.29) is 17.8 Å². The van der Waals surface area contributed by atoms with Gasteiger partial charge in [-0.25, -0.2) is 0 Å². The molecule has 1 aromatic carbocycles. The fourth-order valence-electron chi connectivity index (χ4n) is 2.15. The minimum absolute atomic E-state index is 0.0940. The highest BCUT2D eigenvalue weighted by Gasteiger charge is 2.41. The Morgan fingerprint density at radius 1 is 1.00 bits per heavy atom. The Bertz CT molecular complexity index is 668. The van der Waals surface area contributed by atoms with Gasteiger partial charge in [0.25, 0.3) is 11.6 Å². The van der Waals surface area contributed by atoms with Gasteiger partial charge in [0, 0.05) is 6.07 Å². The van der Waals surface area contributed by atoms with Gasteiger partial charge in [0.15, 0.2) is 6.20 Å². The number of fused-ring (bicyclic) bond motifs is 1. The molecule has 0 aliphatic carbocycles. The van der Waals surface area contributed by atoms with Crippen LogP contribution >= 0.6 is 0 Å². The fraction of sp³-hybridized carbons (Fsp3) is 0.0714. The molecule has 2 aromatic rings. The number of carbonyl (C=O) groups is 2. The average molecular weight is 254 g/mol. The van der Waals surface area contributed by atoms with Gasteiger partial charge in [0.2, 0.25) is 0 Å². The van der Waals surface area contributed by atoms with Crippen LogP contribution in [0.5, 0.6) is 0 Å². The zero-order chi connectivity index (χ0) is 13.4. The van der Waals surface area contributed by atoms with Crippen LogP contribution in [0.4, 0.5) is 0 Å². The van der Waals surface area contributed by atoms with E-state index < -0.39 is 11.8 Å². The lowest BCUT2D eigenvalue weighted by molar-refractivity contribution is -0.607. The van der Waals surface area contributed by atoms with Crippen LogP contribution in [-0.2, 0) is 6.54 Å². The lowest BCUT2D eigenvalue weighted by Crippen LogP contribution is -2.36. The van der Waals surface area contributed by atoms with Gasteiger partial charge in [0.05, 0.1) is 6.54 Å². The summed E-state index contributed by atoms with van der Waals surface area (Å²) in [6.07, 6.45) is 1.22. The monoisotopic (exact) mass is 254 g/mol. The topological polar surface area (TPSA) is 64.3 Å². The van der Waals surface area contributed by atoms with Crippen molar-refractivity contribution in [1.82, 2.24) is 4.90 Å². The maximum absolute atomic E-state index is 12.1. The van der Waals surface area contributed by atoms with Crippen molar-refractivity contribution >= 4 is 11.8 Å². The van der Waals surface area contributed by atoms with Crippen molar-refractivity contribution in [2.45, 2.75) is 6.54 Å². The first-order chi connectivity index (χ1) is 9.18. The Balaban J connectivity index is 1.97. The molecule has 0 N–H and O–H groups in total. The van der Waals surface area contributed by atoms with Gasteiger partial charge >= 0.3 is 5.91 Å². The normalized spacial score (nSPS) is 13.8. The summed E-state index contributed by atoms with van der Waals surface area (Å²) in [4.78, 5) is 25.3. The molecule has 0 bridgehead atoms. The Hall–Kier alpha value is -2.69. The maximum atomic E-state index is 12.1. The molecule has 1 aliphatic rings. The molecule has 19 heavy (non-hydrogen) atoms. The van der Waals surface area contributed by atoms with Crippen LogP contribution in [0.2, 0.25) is 0 Å². The molecule has 5 nitrogen and oxygen atoms in total. The number of amides is 2. The first-order valence-electron chi connectivity index (χ1n) is 5.81. The van der Waals surface area contributed by atoms with Crippen LogP contribution < -0.4 is 4.73 Å². The third kappa shape index (κ3) is 1.76. The number of imide groups is 1. The van der Waals surface area contributed by atoms with Crippen LogP contribution in [0.25, 0.3) is 0 Å². The summed E-state index contributed by atoms with van der Waals surface area (Å²) in [7, 11) is 0. The Kier molecular flexibility index (Phi) is 2.52. The van der Waals surface area contributed by atoms with Gasteiger partial charge in [-0.05, 0) is 11.6 Å². The number of carbonyl (C=O) groups excluding carboxylic acids is 2. The largest absolute Gasteiger partial charge is 0.618 e. The molecule has 2 heterocycles. The van der Waals surface area contributed by atoms with Crippen molar-refractivity contribution < 1.29 is 14.3 Å². The van der Waals surface area contributed by atoms with E-state index in [9.17, 15) is 14.8 Å². The minimum atomic E-state index is -0.542. The molecule has 0 saturated carbocycles. The summed E-state index contributed by atoms with van der Waals surface area (Å²) in [5.74, 6) is -0.964. The maximum Gasteiger partial charge on any atom is 0.328 e. The second-order valence-corrected chi connectivity index (χ2v) is 4.28. The zero-order valence-corrected chi connectivity index (χ0v) is 9.95. The zero-order valence-electron chi connectivity index (χ0n) is 9.95. The molecule has 1 aliphatic heterocycles. The van der Waals surface area contributed by atoms with E-state index in [4.69, 9.17) is 0 Å². The van der Waals surface area contributed by atoms with Gasteiger partial charge in [0.1, 0.15) is 5.56 Å². The summed E-state index contributed by atoms with van der Waals surface area (Å²) in [5.41, 5.74) is 0.913. The number of rotatable bonds is 2. The molecule has 1 aromatic heterocycles. The van der Waals surface area contributed by atoms with Crippen molar-refractivity contribution in [3.05, 3.63) is 70.7 Å². The fourth-order valence-corrected chi connectivity index (χ4v) is 2.15. The second-order valence-electron chi connectivity index (χ2n) is 4.28. The molecule has 0 spiro atoms. The van der Waals surface area contributed by atoms with Crippen LogP contribution in [0.1, 0.15) is 26.4 Å². The van der Waals surface area contributed by atoms with Gasteiger partial charge in [-0.2, -0.15) is 4.73 Å². The number of nitrogens with zero attached hydrogens (tertiary/aromatic N) is 2. The Morgan fingerprint density at radius 2 is 1.74 bits per heavy atom. The third-order valence-electron chi connectivity index (χ3n) is 3.07. The number of pyridine rings is 1. The third-order valence-corrected chi connectivity index (χ3v) is 3.07. The van der Waals surface area contributed by atoms with Crippen LogP contribution in [0.15, 0.2) is 48.7 Å². The van der Waals surface area contributed by atoms with Crippen LogP contribution in [-0.4, -0.2) is 16.7 Å². The standard InChI is InChI=1S/C14H10N2O3/c17-13-11-7-4-8-16(19)12(11)14(18)15(13)9-10-5-2-1-3-6-10/h1-8H,9H2. The molecular formula is C14H10N2O3. The van der Waals surface area contributed by atoms with E-state index in [0.29, 0.717) is 4.73 Å². The molecule has 3 rings (SSSR count). The highest BCUT2D eigenvalue weighted by atomic mass is 16.5. The number of hydrogen-bond donors (Lipinski definition) is 0. The summed E-state index contributed by atoms with van der Waals surface area (Å²) in [6, 6.07) is 12.1. The van der Waals surface area contributed by atoms with Gasteiger partial charge < -0.3 is 5.21 Å². The second kappa shape index (κ2) is 4.20. The summed E-state index contributed by atoms with van der Waals surface area (Å²) < 4.78 is 0.445. The summed E-state index contributed by atoms with van der Waals surface area (Å²) in [5, 5.41) is 11.6. The van der Waals surface area contributed by atoms with Crippen molar-refractivity contribution in [3.8, 4) is 0 Å². The molecule has 5 heteroatoms. The molecule has 0 fully saturated rings. The van der Waals surface area contributed by atoms with Crippen LogP contribution in [0.3, 0.4) is 0 Å². The lowest BCUT2D eigenvalue weighted by Gasteiger charge is -2.12. The Labute approximate surface area is 109 Å². The molecular weight excluding hydrogens is 244 g/mol. The van der Waals surface area contributed by atoms with Crippen molar-refractivity contribution in [2.24, 2.45) is 0 Å². The van der Waals surface area contributed by atoms with Crippen molar-refractivity contribution in [2.75, 3.05) is 0 Å². The van der Waals surface area contributed by atoms with Gasteiger partial charge in [-0.1, -0.05) is 30.3 Å². The smallest absolute Gasteiger partial charge is 0.328 e. The minimum Gasteiger partial charge on any atom is -0.618 e. The van der Waals surface area contributed by atoms with E-state index in [1.165, 1.54) is 18.3 Å². The predicted octanol–water partition coefficient (Wildman–Crippen LogP) is 1.12. The van der Waals surface area contributed by atoms with Gasteiger partial charge in [-0.15, -0.1) is 0 Å². The van der Waals surface area contributed by atoms with Crippen LogP contribution in [0, 0.1) is 5.21 Å². The SMILES string of the molecule is O=C1c2ccc[n+]([O-])c2C(=O)N1Cc1ccccc1. The van der Waals surface area contributed by atoms with E-state index in [2.05, 4.69) is 0 Å². The average Bonchev–Trinajstić information content (AvgIpc) is 2.66. The Morgan fingerprint density at radius 3 is 2.42 bits per heavy atom. The molecule has 0 saturated heterocycles. The van der Waals surface area contributed by atoms with E-state index in [0.717, 1.165) is 10.5 Å². The molecule has 0 unspecified atom stereocenters. The molecule has 94 valence electrons. The first-order valence-corrected chi connectivity index (χ1v) is 5.81. The van der Waals surface area contributed by atoms with Crippen molar-refractivity contribution in [1.29, 1.82) is 0 Å². The molecule has 2 amide bonds. The number of aromatic nitrogens is 1. The molecule has 0 radical (unpaired) electrons. The van der Waals surface area contributed by atoms with E-state index in [1.807, 2.05) is 30.3 Å². The quantitative estimate of drug-likeness (QED) is 0.458. The van der Waals surface area contributed by atoms with E-state index in [1.54, 1.807) is 0 Å². The number of hydrogen-bond acceptors (Lipinski definition) is 3.